The summed E-state index contributed by atoms with van der Waals surface area (Å²) in [7, 11) is 0. The first-order valence-corrected chi connectivity index (χ1v) is 7.65. The Labute approximate surface area is 135 Å². The number of carbonyl (C=O) groups is 2. The van der Waals surface area contributed by atoms with Crippen molar-refractivity contribution in [2.75, 3.05) is 25.0 Å². The van der Waals surface area contributed by atoms with Crippen molar-refractivity contribution < 1.29 is 9.59 Å². The Kier molecular flexibility index (Phi) is 5.94. The number of fused-ring (bicyclic) bond motifs is 1. The third-order valence-corrected chi connectivity index (χ3v) is 3.50. The highest BCUT2D eigenvalue weighted by molar-refractivity contribution is 6.05. The number of primary amides is 1. The van der Waals surface area contributed by atoms with Gasteiger partial charge in [0.05, 0.1) is 12.1 Å². The van der Waals surface area contributed by atoms with Crippen LogP contribution in [0.5, 0.6) is 0 Å². The van der Waals surface area contributed by atoms with Gasteiger partial charge in [0.2, 0.25) is 5.91 Å². The van der Waals surface area contributed by atoms with E-state index in [0.717, 1.165) is 35.8 Å². The molecule has 2 aromatic rings. The first kappa shape index (κ1) is 16.8. The minimum atomic E-state index is -0.573. The molecule has 6 nitrogen and oxygen atoms in total. The summed E-state index contributed by atoms with van der Waals surface area (Å²) in [6, 6.07) is 11.6. The van der Waals surface area contributed by atoms with Crippen LogP contribution in [0.2, 0.25) is 0 Å². The van der Waals surface area contributed by atoms with Crippen LogP contribution in [-0.2, 0) is 4.79 Å². The van der Waals surface area contributed by atoms with E-state index in [9.17, 15) is 9.59 Å². The summed E-state index contributed by atoms with van der Waals surface area (Å²) < 4.78 is 0. The number of benzene rings is 2. The molecule has 0 bridgehead atoms. The molecular weight excluding hydrogens is 292 g/mol. The highest BCUT2D eigenvalue weighted by atomic mass is 16.2. The standard InChI is InChI=1S/C17H22N4O2/c18-7-3-4-8-20-15-10-13-6-2-1-5-12(13)9-14(15)17(23)21-11-16(19)22/h1-2,5-6,9-10,20H,3-4,7-8,11,18H2,(H2,19,22)(H,21,23). The summed E-state index contributed by atoms with van der Waals surface area (Å²) in [6.45, 7) is 1.19. The number of nitrogens with two attached hydrogens (primary N) is 2. The second-order valence-electron chi connectivity index (χ2n) is 5.32. The average molecular weight is 314 g/mol. The summed E-state index contributed by atoms with van der Waals surface area (Å²) in [4.78, 5) is 23.2. The molecule has 23 heavy (non-hydrogen) atoms. The number of hydrogen-bond donors (Lipinski definition) is 4. The lowest BCUT2D eigenvalue weighted by Crippen LogP contribution is -2.33. The van der Waals surface area contributed by atoms with E-state index < -0.39 is 5.91 Å². The topological polar surface area (TPSA) is 110 Å². The van der Waals surface area contributed by atoms with E-state index in [1.807, 2.05) is 36.4 Å². The predicted molar refractivity (Wildman–Crippen MR) is 92.3 cm³/mol. The molecule has 0 fully saturated rings. The van der Waals surface area contributed by atoms with Crippen LogP contribution in [0.1, 0.15) is 23.2 Å². The van der Waals surface area contributed by atoms with Gasteiger partial charge in [-0.15, -0.1) is 0 Å². The fraction of sp³-hybridized carbons (Fsp3) is 0.294. The van der Waals surface area contributed by atoms with Crippen LogP contribution in [0.4, 0.5) is 5.69 Å². The monoisotopic (exact) mass is 314 g/mol. The third kappa shape index (κ3) is 4.69. The molecule has 0 heterocycles. The van der Waals surface area contributed by atoms with Crippen molar-refractivity contribution >= 4 is 28.3 Å². The lowest BCUT2D eigenvalue weighted by molar-refractivity contribution is -0.117. The summed E-state index contributed by atoms with van der Waals surface area (Å²) >= 11 is 0. The first-order valence-electron chi connectivity index (χ1n) is 7.65. The summed E-state index contributed by atoms with van der Waals surface area (Å²) in [5, 5.41) is 7.81. The van der Waals surface area contributed by atoms with Crippen LogP contribution in [0, 0.1) is 0 Å². The first-order chi connectivity index (χ1) is 11.1. The van der Waals surface area contributed by atoms with Gasteiger partial charge in [0.15, 0.2) is 0 Å². The molecule has 0 aliphatic heterocycles. The largest absolute Gasteiger partial charge is 0.384 e. The zero-order valence-electron chi connectivity index (χ0n) is 13.0. The van der Waals surface area contributed by atoms with E-state index in [1.165, 1.54) is 0 Å². The van der Waals surface area contributed by atoms with E-state index in [2.05, 4.69) is 10.6 Å². The van der Waals surface area contributed by atoms with Gasteiger partial charge >= 0.3 is 0 Å². The van der Waals surface area contributed by atoms with Gasteiger partial charge in [-0.05, 0) is 42.3 Å². The van der Waals surface area contributed by atoms with Crippen LogP contribution in [-0.4, -0.2) is 31.4 Å². The Morgan fingerprint density at radius 1 is 1.04 bits per heavy atom. The molecule has 0 saturated heterocycles. The average Bonchev–Trinajstić information content (AvgIpc) is 2.55. The maximum atomic E-state index is 12.3. The van der Waals surface area contributed by atoms with Gasteiger partial charge in [-0.25, -0.2) is 0 Å². The molecular formula is C17H22N4O2. The second-order valence-corrected chi connectivity index (χ2v) is 5.32. The van der Waals surface area contributed by atoms with Gasteiger partial charge in [-0.2, -0.15) is 0 Å². The van der Waals surface area contributed by atoms with Crippen molar-refractivity contribution in [3.8, 4) is 0 Å². The molecule has 0 atom stereocenters. The number of carbonyl (C=O) groups excluding carboxylic acids is 2. The van der Waals surface area contributed by atoms with Crippen LogP contribution in [0.25, 0.3) is 10.8 Å². The quantitative estimate of drug-likeness (QED) is 0.549. The smallest absolute Gasteiger partial charge is 0.253 e. The molecule has 0 aromatic heterocycles. The predicted octanol–water partition coefficient (Wildman–Crippen LogP) is 1.21. The fourth-order valence-corrected chi connectivity index (χ4v) is 2.33. The van der Waals surface area contributed by atoms with Gasteiger partial charge in [0.1, 0.15) is 0 Å². The summed E-state index contributed by atoms with van der Waals surface area (Å²) in [5.74, 6) is -0.896. The lowest BCUT2D eigenvalue weighted by atomic mass is 10.0. The van der Waals surface area contributed by atoms with Crippen molar-refractivity contribution in [3.63, 3.8) is 0 Å². The summed E-state index contributed by atoms with van der Waals surface area (Å²) in [6.07, 6.45) is 1.84. The molecule has 0 saturated carbocycles. The molecule has 2 aromatic carbocycles. The van der Waals surface area contributed by atoms with Crippen LogP contribution in [0.15, 0.2) is 36.4 Å². The van der Waals surface area contributed by atoms with Crippen molar-refractivity contribution in [1.82, 2.24) is 5.32 Å². The highest BCUT2D eigenvalue weighted by Crippen LogP contribution is 2.24. The molecule has 0 aliphatic carbocycles. The zero-order valence-corrected chi connectivity index (χ0v) is 13.0. The van der Waals surface area contributed by atoms with E-state index in [1.54, 1.807) is 0 Å². The number of hydrogen-bond acceptors (Lipinski definition) is 4. The highest BCUT2D eigenvalue weighted by Gasteiger charge is 2.13. The molecule has 6 N–H and O–H groups in total. The Balaban J connectivity index is 2.26. The number of amides is 2. The Bertz CT molecular complexity index is 700. The van der Waals surface area contributed by atoms with Crippen molar-refractivity contribution in [1.29, 1.82) is 0 Å². The van der Waals surface area contributed by atoms with Crippen molar-refractivity contribution in [2.45, 2.75) is 12.8 Å². The third-order valence-electron chi connectivity index (χ3n) is 3.50. The zero-order chi connectivity index (χ0) is 16.7. The molecule has 2 rings (SSSR count). The summed E-state index contributed by atoms with van der Waals surface area (Å²) in [5.41, 5.74) is 11.8. The Morgan fingerprint density at radius 2 is 1.74 bits per heavy atom. The maximum absolute atomic E-state index is 12.3. The minimum absolute atomic E-state index is 0.182. The van der Waals surface area contributed by atoms with Gasteiger partial charge < -0.3 is 22.1 Å². The maximum Gasteiger partial charge on any atom is 0.253 e. The fourth-order valence-electron chi connectivity index (χ4n) is 2.33. The van der Waals surface area contributed by atoms with Crippen LogP contribution in [0.3, 0.4) is 0 Å². The van der Waals surface area contributed by atoms with E-state index >= 15 is 0 Å². The molecule has 0 aliphatic rings. The van der Waals surface area contributed by atoms with E-state index in [0.29, 0.717) is 12.1 Å². The Hall–Kier alpha value is -2.60. The molecule has 2 amide bonds. The van der Waals surface area contributed by atoms with Crippen molar-refractivity contribution in [3.05, 3.63) is 42.0 Å². The second kappa shape index (κ2) is 8.14. The van der Waals surface area contributed by atoms with E-state index in [4.69, 9.17) is 11.5 Å². The molecule has 0 radical (unpaired) electrons. The number of unbranched alkanes of at least 4 members (excludes halogenated alkanes) is 1. The van der Waals surface area contributed by atoms with Crippen LogP contribution < -0.4 is 22.1 Å². The molecule has 0 unspecified atom stereocenters. The lowest BCUT2D eigenvalue weighted by Gasteiger charge is -2.13. The van der Waals surface area contributed by atoms with Gasteiger partial charge in [-0.3, -0.25) is 9.59 Å². The minimum Gasteiger partial charge on any atom is -0.384 e. The normalized spacial score (nSPS) is 10.5. The van der Waals surface area contributed by atoms with Gasteiger partial charge in [0.25, 0.3) is 5.91 Å². The number of rotatable bonds is 8. The molecule has 122 valence electrons. The van der Waals surface area contributed by atoms with Gasteiger partial charge in [-0.1, -0.05) is 24.3 Å². The SMILES string of the molecule is NCCCCNc1cc2ccccc2cc1C(=O)NCC(N)=O. The molecule has 6 heteroatoms. The van der Waals surface area contributed by atoms with E-state index in [-0.39, 0.29) is 12.5 Å². The Morgan fingerprint density at radius 3 is 2.39 bits per heavy atom. The van der Waals surface area contributed by atoms with Crippen LogP contribution >= 0.6 is 0 Å². The number of nitrogens with one attached hydrogen (secondary N) is 2. The van der Waals surface area contributed by atoms with Gasteiger partial charge in [0, 0.05) is 12.2 Å². The van der Waals surface area contributed by atoms with Crippen molar-refractivity contribution in [2.24, 2.45) is 11.5 Å². The molecule has 0 spiro atoms. The number of anilines is 1.